The molecule has 7 heteroatoms. The Morgan fingerprint density at radius 1 is 0.920 bits per heavy atom. The van der Waals surface area contributed by atoms with Crippen LogP contribution in [0.4, 0.5) is 0 Å². The molecule has 0 bridgehead atoms. The van der Waals surface area contributed by atoms with Gasteiger partial charge in [-0.3, -0.25) is 4.79 Å². The predicted octanol–water partition coefficient (Wildman–Crippen LogP) is 2.36. The molecule has 0 aromatic heterocycles. The van der Waals surface area contributed by atoms with Crippen molar-refractivity contribution >= 4 is 21.7 Å². The van der Waals surface area contributed by atoms with E-state index in [1.54, 1.807) is 32.0 Å². The normalized spacial score (nSPS) is 12.6. The molecule has 1 amide bonds. The minimum absolute atomic E-state index is 0.0638. The smallest absolute Gasteiger partial charge is 0.326 e. The van der Waals surface area contributed by atoms with E-state index in [0.29, 0.717) is 0 Å². The number of carboxylic acid groups (broad SMARTS) is 1. The Morgan fingerprint density at radius 3 is 1.92 bits per heavy atom. The Morgan fingerprint density at radius 2 is 1.44 bits per heavy atom. The van der Waals surface area contributed by atoms with Gasteiger partial charge in [-0.05, 0) is 42.3 Å². The van der Waals surface area contributed by atoms with Gasteiger partial charge in [0, 0.05) is 5.56 Å². The Labute approximate surface area is 146 Å². The second kappa shape index (κ2) is 7.48. The highest BCUT2D eigenvalue weighted by molar-refractivity contribution is 7.91. The van der Waals surface area contributed by atoms with Crippen LogP contribution >= 0.6 is 0 Å². The lowest BCUT2D eigenvalue weighted by atomic mass is 10.0. The second-order valence-electron chi connectivity index (χ2n) is 5.87. The van der Waals surface area contributed by atoms with Gasteiger partial charge in [0.1, 0.15) is 6.04 Å². The third-order valence-electron chi connectivity index (χ3n) is 3.70. The van der Waals surface area contributed by atoms with Gasteiger partial charge in [-0.1, -0.05) is 32.0 Å². The van der Waals surface area contributed by atoms with E-state index in [2.05, 4.69) is 5.32 Å². The zero-order chi connectivity index (χ0) is 18.6. The third-order valence-corrected chi connectivity index (χ3v) is 5.49. The van der Waals surface area contributed by atoms with Crippen LogP contribution in [0.25, 0.3) is 0 Å². The number of sulfone groups is 1. The lowest BCUT2D eigenvalue weighted by molar-refractivity contribution is -0.140. The van der Waals surface area contributed by atoms with E-state index in [1.165, 1.54) is 36.4 Å². The number of hydrogen-bond donors (Lipinski definition) is 2. The molecule has 2 N–H and O–H groups in total. The van der Waals surface area contributed by atoms with Crippen LogP contribution in [0.5, 0.6) is 0 Å². The molecule has 132 valence electrons. The number of carboxylic acids is 1. The van der Waals surface area contributed by atoms with Crippen molar-refractivity contribution in [1.82, 2.24) is 5.32 Å². The first-order chi connectivity index (χ1) is 11.7. The quantitative estimate of drug-likeness (QED) is 0.823. The summed E-state index contributed by atoms with van der Waals surface area (Å²) in [4.78, 5) is 23.6. The number of amides is 1. The van der Waals surface area contributed by atoms with E-state index in [-0.39, 0.29) is 21.3 Å². The van der Waals surface area contributed by atoms with Crippen LogP contribution in [0.2, 0.25) is 0 Å². The molecule has 1 unspecified atom stereocenters. The molecule has 25 heavy (non-hydrogen) atoms. The predicted molar refractivity (Wildman–Crippen MR) is 92.1 cm³/mol. The molecule has 0 aliphatic heterocycles. The number of hydrogen-bond acceptors (Lipinski definition) is 4. The molecule has 2 aromatic carbocycles. The van der Waals surface area contributed by atoms with E-state index in [1.807, 2.05) is 0 Å². The average molecular weight is 361 g/mol. The Hall–Kier alpha value is -2.67. The maximum absolute atomic E-state index is 12.5. The summed E-state index contributed by atoms with van der Waals surface area (Å²) >= 11 is 0. The van der Waals surface area contributed by atoms with Crippen LogP contribution in [-0.2, 0) is 14.6 Å². The van der Waals surface area contributed by atoms with Gasteiger partial charge < -0.3 is 10.4 Å². The molecule has 0 aliphatic rings. The van der Waals surface area contributed by atoms with Crippen molar-refractivity contribution in [2.75, 3.05) is 0 Å². The lowest BCUT2D eigenvalue weighted by Crippen LogP contribution is -2.44. The Balaban J connectivity index is 2.22. The topological polar surface area (TPSA) is 101 Å². The fraction of sp³-hybridized carbons (Fsp3) is 0.222. The van der Waals surface area contributed by atoms with Crippen molar-refractivity contribution in [2.45, 2.75) is 29.7 Å². The van der Waals surface area contributed by atoms with Crippen LogP contribution in [-0.4, -0.2) is 31.4 Å². The number of aliphatic carboxylic acids is 1. The molecule has 0 radical (unpaired) electrons. The molecule has 0 saturated heterocycles. The summed E-state index contributed by atoms with van der Waals surface area (Å²) in [5.74, 6) is -1.96. The zero-order valence-electron chi connectivity index (χ0n) is 13.8. The van der Waals surface area contributed by atoms with Gasteiger partial charge in [-0.25, -0.2) is 13.2 Å². The number of benzene rings is 2. The van der Waals surface area contributed by atoms with E-state index in [9.17, 15) is 18.0 Å². The van der Waals surface area contributed by atoms with Gasteiger partial charge in [0.05, 0.1) is 9.79 Å². The summed E-state index contributed by atoms with van der Waals surface area (Å²) in [6.07, 6.45) is 0. The van der Waals surface area contributed by atoms with Gasteiger partial charge in [0.25, 0.3) is 5.91 Å². The van der Waals surface area contributed by atoms with Crippen molar-refractivity contribution < 1.29 is 23.1 Å². The van der Waals surface area contributed by atoms with Crippen LogP contribution in [0, 0.1) is 5.92 Å². The standard InChI is InChI=1S/C18H19NO5S/c1-12(2)16(18(21)22)19-17(20)13-8-10-15(11-9-13)25(23,24)14-6-4-3-5-7-14/h3-12,16H,1-2H3,(H,19,20)(H,21,22). The molecule has 6 nitrogen and oxygen atoms in total. The monoisotopic (exact) mass is 361 g/mol. The largest absolute Gasteiger partial charge is 0.480 e. The molecule has 0 saturated carbocycles. The molecule has 2 aromatic rings. The summed E-state index contributed by atoms with van der Waals surface area (Å²) in [5.41, 5.74) is 0.193. The number of carbonyl (C=O) groups is 2. The zero-order valence-corrected chi connectivity index (χ0v) is 14.7. The molecular formula is C18H19NO5S. The molecule has 0 spiro atoms. The SMILES string of the molecule is CC(C)C(NC(=O)c1ccc(S(=O)(=O)c2ccccc2)cc1)C(=O)O. The van der Waals surface area contributed by atoms with Gasteiger partial charge in [-0.15, -0.1) is 0 Å². The molecule has 2 rings (SSSR count). The number of carbonyl (C=O) groups excluding carboxylic acids is 1. The maximum Gasteiger partial charge on any atom is 0.326 e. The Bertz CT molecular complexity index is 858. The van der Waals surface area contributed by atoms with Crippen molar-refractivity contribution in [1.29, 1.82) is 0 Å². The van der Waals surface area contributed by atoms with Crippen molar-refractivity contribution in [3.63, 3.8) is 0 Å². The highest BCUT2D eigenvalue weighted by atomic mass is 32.2. The first kappa shape index (κ1) is 18.7. The summed E-state index contributed by atoms with van der Waals surface area (Å²) in [5, 5.41) is 11.6. The first-order valence-corrected chi connectivity index (χ1v) is 9.15. The summed E-state index contributed by atoms with van der Waals surface area (Å²) < 4.78 is 25.0. The number of rotatable bonds is 6. The number of nitrogens with one attached hydrogen (secondary N) is 1. The fourth-order valence-corrected chi connectivity index (χ4v) is 3.54. The van der Waals surface area contributed by atoms with Crippen LogP contribution in [0.3, 0.4) is 0 Å². The molecular weight excluding hydrogens is 342 g/mol. The van der Waals surface area contributed by atoms with Crippen LogP contribution < -0.4 is 5.32 Å². The highest BCUT2D eigenvalue weighted by Crippen LogP contribution is 2.20. The van der Waals surface area contributed by atoms with E-state index in [4.69, 9.17) is 5.11 Å². The van der Waals surface area contributed by atoms with Crippen LogP contribution in [0.15, 0.2) is 64.4 Å². The van der Waals surface area contributed by atoms with Gasteiger partial charge >= 0.3 is 5.97 Å². The molecule has 0 aliphatic carbocycles. The summed E-state index contributed by atoms with van der Waals surface area (Å²) in [6.45, 7) is 3.38. The molecule has 0 fully saturated rings. The van der Waals surface area contributed by atoms with Crippen molar-refractivity contribution in [2.24, 2.45) is 5.92 Å². The summed E-state index contributed by atoms with van der Waals surface area (Å²) in [7, 11) is -3.66. The van der Waals surface area contributed by atoms with Gasteiger partial charge in [0.2, 0.25) is 9.84 Å². The van der Waals surface area contributed by atoms with Crippen LogP contribution in [0.1, 0.15) is 24.2 Å². The third kappa shape index (κ3) is 4.24. The van der Waals surface area contributed by atoms with Gasteiger partial charge in [0.15, 0.2) is 0 Å². The molecule has 0 heterocycles. The minimum atomic E-state index is -3.66. The molecule has 1 atom stereocenters. The van der Waals surface area contributed by atoms with Gasteiger partial charge in [-0.2, -0.15) is 0 Å². The highest BCUT2D eigenvalue weighted by Gasteiger charge is 2.24. The summed E-state index contributed by atoms with van der Waals surface area (Å²) in [6, 6.07) is 12.4. The average Bonchev–Trinajstić information content (AvgIpc) is 2.59. The minimum Gasteiger partial charge on any atom is -0.480 e. The van der Waals surface area contributed by atoms with E-state index < -0.39 is 27.8 Å². The maximum atomic E-state index is 12.5. The van der Waals surface area contributed by atoms with E-state index >= 15 is 0 Å². The Kier molecular flexibility index (Phi) is 5.58. The van der Waals surface area contributed by atoms with Crippen molar-refractivity contribution in [3.8, 4) is 0 Å². The second-order valence-corrected chi connectivity index (χ2v) is 7.82. The fourth-order valence-electron chi connectivity index (χ4n) is 2.26. The lowest BCUT2D eigenvalue weighted by Gasteiger charge is -2.17. The first-order valence-electron chi connectivity index (χ1n) is 7.67. The van der Waals surface area contributed by atoms with E-state index in [0.717, 1.165) is 0 Å². The van der Waals surface area contributed by atoms with Crippen molar-refractivity contribution in [3.05, 3.63) is 60.2 Å².